The van der Waals surface area contributed by atoms with Crippen molar-refractivity contribution in [2.24, 2.45) is 0 Å². The fraction of sp³-hybridized carbons (Fsp3) is 0.400. The number of benzene rings is 2. The van der Waals surface area contributed by atoms with Gasteiger partial charge in [-0.3, -0.25) is 14.5 Å². The highest BCUT2D eigenvalue weighted by molar-refractivity contribution is 7.15. The van der Waals surface area contributed by atoms with E-state index in [0.29, 0.717) is 28.3 Å². The van der Waals surface area contributed by atoms with Crippen molar-refractivity contribution in [2.45, 2.75) is 72.3 Å². The molecule has 0 aliphatic carbocycles. The quantitative estimate of drug-likeness (QED) is 0.206. The Balaban J connectivity index is 1.57. The van der Waals surface area contributed by atoms with Crippen LogP contribution in [0.25, 0.3) is 11.0 Å². The van der Waals surface area contributed by atoms with Crippen LogP contribution >= 0.6 is 11.3 Å². The highest BCUT2D eigenvalue weighted by Gasteiger charge is 2.45. The molecule has 0 fully saturated rings. The van der Waals surface area contributed by atoms with Crippen LogP contribution in [0.5, 0.6) is 5.75 Å². The number of amides is 1. The van der Waals surface area contributed by atoms with E-state index < -0.39 is 6.04 Å². The van der Waals surface area contributed by atoms with E-state index in [1.54, 1.807) is 4.90 Å². The number of anilines is 1. The van der Waals surface area contributed by atoms with Gasteiger partial charge in [0.2, 0.25) is 10.9 Å². The van der Waals surface area contributed by atoms with Gasteiger partial charge in [0.05, 0.1) is 23.6 Å². The van der Waals surface area contributed by atoms with Crippen LogP contribution in [-0.2, 0) is 6.42 Å². The van der Waals surface area contributed by atoms with Crippen molar-refractivity contribution in [3.63, 3.8) is 0 Å². The molecule has 5 rings (SSSR count). The first-order chi connectivity index (χ1) is 18.4. The first-order valence-electron chi connectivity index (χ1n) is 13.4. The minimum Gasteiger partial charge on any atom is -0.494 e. The molecule has 4 aromatic rings. The lowest BCUT2D eigenvalue weighted by molar-refractivity contribution is 0.0970. The summed E-state index contributed by atoms with van der Waals surface area (Å²) >= 11 is 1.38. The molecule has 0 spiro atoms. The number of aromatic nitrogens is 2. The number of rotatable bonds is 10. The van der Waals surface area contributed by atoms with Crippen LogP contribution in [0.4, 0.5) is 5.13 Å². The van der Waals surface area contributed by atoms with Gasteiger partial charge in [0, 0.05) is 6.42 Å². The van der Waals surface area contributed by atoms with E-state index >= 15 is 0 Å². The normalized spacial score (nSPS) is 14.9. The third kappa shape index (κ3) is 4.85. The van der Waals surface area contributed by atoms with Crippen molar-refractivity contribution >= 4 is 33.3 Å². The molecule has 2 aromatic carbocycles. The van der Waals surface area contributed by atoms with Crippen LogP contribution in [0, 0.1) is 13.8 Å². The number of aryl methyl sites for hydroxylation is 3. The van der Waals surface area contributed by atoms with Gasteiger partial charge in [0.25, 0.3) is 5.91 Å². The van der Waals surface area contributed by atoms with Crippen LogP contribution < -0.4 is 15.1 Å². The molecule has 0 saturated heterocycles. The Bertz CT molecular complexity index is 1520. The van der Waals surface area contributed by atoms with E-state index in [1.807, 2.05) is 50.2 Å². The Morgan fingerprint density at radius 2 is 1.74 bits per heavy atom. The van der Waals surface area contributed by atoms with Gasteiger partial charge >= 0.3 is 0 Å². The molecule has 1 unspecified atom stereocenters. The van der Waals surface area contributed by atoms with E-state index in [0.717, 1.165) is 53.1 Å². The predicted octanol–water partition coefficient (Wildman–Crippen LogP) is 6.92. The standard InChI is InChI=1S/C30H33N3O4S/c1-5-7-8-9-15-36-21-13-11-20(12-14-21)26-25-27(34)22-16-18(3)19(4)17-23(22)37-28(25)29(35)33(26)30-32-31-24(38-30)10-6-2/h11-14,16-17,26H,5-10,15H2,1-4H3. The van der Waals surface area contributed by atoms with Crippen LogP contribution in [0.1, 0.15) is 89.8 Å². The summed E-state index contributed by atoms with van der Waals surface area (Å²) in [6.45, 7) is 8.85. The molecule has 198 valence electrons. The minimum atomic E-state index is -0.666. The summed E-state index contributed by atoms with van der Waals surface area (Å²) in [4.78, 5) is 29.3. The Kier molecular flexibility index (Phi) is 7.61. The maximum absolute atomic E-state index is 13.9. The van der Waals surface area contributed by atoms with Gasteiger partial charge in [-0.25, -0.2) is 0 Å². The summed E-state index contributed by atoms with van der Waals surface area (Å²) in [7, 11) is 0. The predicted molar refractivity (Wildman–Crippen MR) is 151 cm³/mol. The molecule has 1 aliphatic heterocycles. The average Bonchev–Trinajstić information content (AvgIpc) is 3.48. The molecule has 38 heavy (non-hydrogen) atoms. The molecular formula is C30H33N3O4S. The zero-order valence-electron chi connectivity index (χ0n) is 22.4. The fourth-order valence-corrected chi connectivity index (χ4v) is 5.83. The Morgan fingerprint density at radius 3 is 2.47 bits per heavy atom. The molecule has 0 radical (unpaired) electrons. The van der Waals surface area contributed by atoms with E-state index in [-0.39, 0.29) is 17.1 Å². The number of unbranched alkanes of at least 4 members (excludes halogenated alkanes) is 3. The van der Waals surface area contributed by atoms with Crippen LogP contribution in [-0.4, -0.2) is 22.7 Å². The second-order valence-electron chi connectivity index (χ2n) is 9.89. The van der Waals surface area contributed by atoms with Gasteiger partial charge in [-0.15, -0.1) is 10.2 Å². The first kappa shape index (κ1) is 26.1. The summed E-state index contributed by atoms with van der Waals surface area (Å²) in [6, 6.07) is 10.6. The molecule has 8 heteroatoms. The molecule has 0 saturated carbocycles. The Labute approximate surface area is 226 Å². The molecule has 1 atom stereocenters. The second-order valence-corrected chi connectivity index (χ2v) is 10.9. The third-order valence-corrected chi connectivity index (χ3v) is 8.06. The van der Waals surface area contributed by atoms with Crippen molar-refractivity contribution in [2.75, 3.05) is 11.5 Å². The van der Waals surface area contributed by atoms with Crippen LogP contribution in [0.3, 0.4) is 0 Å². The number of ether oxygens (including phenoxy) is 1. The van der Waals surface area contributed by atoms with Crippen molar-refractivity contribution in [3.05, 3.63) is 79.6 Å². The maximum Gasteiger partial charge on any atom is 0.297 e. The van der Waals surface area contributed by atoms with Crippen molar-refractivity contribution in [3.8, 4) is 5.75 Å². The van der Waals surface area contributed by atoms with Gasteiger partial charge in [-0.1, -0.05) is 56.6 Å². The third-order valence-electron chi connectivity index (χ3n) is 7.08. The molecule has 1 amide bonds. The minimum absolute atomic E-state index is 0.0687. The lowest BCUT2D eigenvalue weighted by Gasteiger charge is -2.22. The zero-order valence-corrected chi connectivity index (χ0v) is 23.2. The van der Waals surface area contributed by atoms with Crippen LogP contribution in [0.2, 0.25) is 0 Å². The van der Waals surface area contributed by atoms with E-state index in [1.165, 1.54) is 24.2 Å². The molecule has 2 aromatic heterocycles. The van der Waals surface area contributed by atoms with Gasteiger partial charge in [0.15, 0.2) is 5.43 Å². The smallest absolute Gasteiger partial charge is 0.297 e. The summed E-state index contributed by atoms with van der Waals surface area (Å²) in [5, 5.41) is 10.4. The molecular weight excluding hydrogens is 498 g/mol. The maximum atomic E-state index is 13.9. The SMILES string of the molecule is CCCCCCOc1ccc(C2c3c(oc4cc(C)c(C)cc4c3=O)C(=O)N2c2nnc(CCC)s2)cc1. The van der Waals surface area contributed by atoms with Crippen molar-refractivity contribution in [1.29, 1.82) is 0 Å². The molecule has 1 aliphatic rings. The molecule has 7 nitrogen and oxygen atoms in total. The summed E-state index contributed by atoms with van der Waals surface area (Å²) < 4.78 is 12.1. The molecule has 3 heterocycles. The highest BCUT2D eigenvalue weighted by atomic mass is 32.1. The number of hydrogen-bond donors (Lipinski definition) is 0. The van der Waals surface area contributed by atoms with E-state index in [4.69, 9.17) is 9.15 Å². The largest absolute Gasteiger partial charge is 0.494 e. The Hall–Kier alpha value is -3.52. The number of carbonyl (C=O) groups excluding carboxylic acids is 1. The monoisotopic (exact) mass is 531 g/mol. The number of nitrogens with zero attached hydrogens (tertiary/aromatic N) is 3. The summed E-state index contributed by atoms with van der Waals surface area (Å²) in [5.41, 5.74) is 3.35. The van der Waals surface area contributed by atoms with Crippen molar-refractivity contribution < 1.29 is 13.9 Å². The van der Waals surface area contributed by atoms with E-state index in [9.17, 15) is 9.59 Å². The van der Waals surface area contributed by atoms with Crippen molar-refractivity contribution in [1.82, 2.24) is 10.2 Å². The average molecular weight is 532 g/mol. The highest BCUT2D eigenvalue weighted by Crippen LogP contribution is 2.42. The Morgan fingerprint density at radius 1 is 0.974 bits per heavy atom. The van der Waals surface area contributed by atoms with Gasteiger partial charge in [-0.05, 0) is 67.6 Å². The topological polar surface area (TPSA) is 85.5 Å². The number of hydrogen-bond acceptors (Lipinski definition) is 7. The van der Waals surface area contributed by atoms with E-state index in [2.05, 4.69) is 24.0 Å². The lowest BCUT2D eigenvalue weighted by atomic mass is 9.97. The second kappa shape index (κ2) is 11.1. The summed E-state index contributed by atoms with van der Waals surface area (Å²) in [5.74, 6) is 0.455. The fourth-order valence-electron chi connectivity index (χ4n) is 4.86. The number of fused-ring (bicyclic) bond motifs is 2. The summed E-state index contributed by atoms with van der Waals surface area (Å²) in [6.07, 6.45) is 6.25. The molecule has 0 N–H and O–H groups in total. The van der Waals surface area contributed by atoms with Gasteiger partial charge < -0.3 is 9.15 Å². The van der Waals surface area contributed by atoms with Gasteiger partial charge in [-0.2, -0.15) is 0 Å². The lowest BCUT2D eigenvalue weighted by Crippen LogP contribution is -2.29. The zero-order chi connectivity index (χ0) is 26.8. The van der Waals surface area contributed by atoms with Gasteiger partial charge in [0.1, 0.15) is 16.3 Å². The number of carbonyl (C=O) groups is 1. The first-order valence-corrected chi connectivity index (χ1v) is 14.2. The molecule has 0 bridgehead atoms. The van der Waals surface area contributed by atoms with Crippen LogP contribution in [0.15, 0.2) is 45.6 Å².